The lowest BCUT2D eigenvalue weighted by atomic mass is 9.99. The molecule has 0 spiro atoms. The van der Waals surface area contributed by atoms with Gasteiger partial charge in [-0.25, -0.2) is 0 Å². The number of nitrogens with zero attached hydrogens (tertiary/aromatic N) is 2. The summed E-state index contributed by atoms with van der Waals surface area (Å²) in [6, 6.07) is 13.4. The molecule has 0 saturated carbocycles. The normalized spacial score (nSPS) is 9.72. The summed E-state index contributed by atoms with van der Waals surface area (Å²) >= 11 is 0. The number of nitro groups is 1. The van der Waals surface area contributed by atoms with Crippen molar-refractivity contribution in [2.75, 3.05) is 5.73 Å². The molecular formula is C13H9N3O2. The summed E-state index contributed by atoms with van der Waals surface area (Å²) in [5.41, 5.74) is 7.03. The number of hydrogen-bond donors (Lipinski definition) is 1. The number of nitriles is 1. The van der Waals surface area contributed by atoms with E-state index in [0.29, 0.717) is 11.1 Å². The van der Waals surface area contributed by atoms with Crippen LogP contribution in [0.1, 0.15) is 5.56 Å². The van der Waals surface area contributed by atoms with Crippen molar-refractivity contribution in [2.45, 2.75) is 0 Å². The first-order valence-electron chi connectivity index (χ1n) is 5.17. The maximum atomic E-state index is 11.0. The van der Waals surface area contributed by atoms with Gasteiger partial charge >= 0.3 is 0 Å². The van der Waals surface area contributed by atoms with Crippen LogP contribution < -0.4 is 5.73 Å². The van der Waals surface area contributed by atoms with Crippen LogP contribution in [0.5, 0.6) is 0 Å². The van der Waals surface area contributed by atoms with Gasteiger partial charge in [0, 0.05) is 6.07 Å². The van der Waals surface area contributed by atoms with Gasteiger partial charge in [0.15, 0.2) is 0 Å². The van der Waals surface area contributed by atoms with Gasteiger partial charge in [0.1, 0.15) is 6.07 Å². The average molecular weight is 239 g/mol. The van der Waals surface area contributed by atoms with Gasteiger partial charge in [0.05, 0.1) is 21.7 Å². The summed E-state index contributed by atoms with van der Waals surface area (Å²) in [7, 11) is 0. The van der Waals surface area contributed by atoms with E-state index >= 15 is 0 Å². The van der Waals surface area contributed by atoms with Crippen molar-refractivity contribution in [1.29, 1.82) is 5.26 Å². The molecule has 0 atom stereocenters. The summed E-state index contributed by atoms with van der Waals surface area (Å²) in [5.74, 6) is 0. The molecule has 0 amide bonds. The van der Waals surface area contributed by atoms with Crippen LogP contribution in [-0.4, -0.2) is 4.92 Å². The lowest BCUT2D eigenvalue weighted by Gasteiger charge is -2.08. The molecule has 0 aliphatic heterocycles. The molecule has 2 aromatic carbocycles. The molecule has 0 aliphatic carbocycles. The zero-order valence-electron chi connectivity index (χ0n) is 9.33. The number of hydrogen-bond acceptors (Lipinski definition) is 4. The minimum Gasteiger partial charge on any atom is -0.397 e. The molecule has 0 aromatic heterocycles. The predicted octanol–water partition coefficient (Wildman–Crippen LogP) is 2.72. The van der Waals surface area contributed by atoms with Gasteiger partial charge in [-0.1, -0.05) is 30.3 Å². The molecule has 5 heteroatoms. The van der Waals surface area contributed by atoms with E-state index in [1.54, 1.807) is 30.3 Å². The monoisotopic (exact) mass is 239 g/mol. The van der Waals surface area contributed by atoms with Crippen LogP contribution in [0.15, 0.2) is 42.5 Å². The molecule has 2 N–H and O–H groups in total. The number of nitrogens with two attached hydrogens (primary N) is 1. The molecule has 0 unspecified atom stereocenters. The van der Waals surface area contributed by atoms with E-state index in [2.05, 4.69) is 0 Å². The van der Waals surface area contributed by atoms with Gasteiger partial charge in [-0.05, 0) is 11.6 Å². The minimum atomic E-state index is -0.500. The second-order valence-electron chi connectivity index (χ2n) is 3.66. The van der Waals surface area contributed by atoms with Gasteiger partial charge < -0.3 is 5.73 Å². The predicted molar refractivity (Wildman–Crippen MR) is 67.7 cm³/mol. The summed E-state index contributed by atoms with van der Waals surface area (Å²) < 4.78 is 0. The number of anilines is 1. The van der Waals surface area contributed by atoms with Crippen LogP contribution in [0.4, 0.5) is 11.4 Å². The van der Waals surface area contributed by atoms with Gasteiger partial charge in [0.25, 0.3) is 5.69 Å². The first-order valence-corrected chi connectivity index (χ1v) is 5.17. The molecular weight excluding hydrogens is 230 g/mol. The standard InChI is InChI=1S/C13H9N3O2/c14-8-10-6-7-11(16(17)18)12(13(10)15)9-4-2-1-3-5-9/h1-7H,15H2. The Morgan fingerprint density at radius 1 is 1.17 bits per heavy atom. The molecule has 2 rings (SSSR count). The Balaban J connectivity index is 2.78. The molecule has 2 aromatic rings. The fraction of sp³-hybridized carbons (Fsp3) is 0. The summed E-state index contributed by atoms with van der Waals surface area (Å²) in [6.45, 7) is 0. The molecule has 5 nitrogen and oxygen atoms in total. The summed E-state index contributed by atoms with van der Waals surface area (Å²) in [5, 5.41) is 19.9. The lowest BCUT2D eigenvalue weighted by Crippen LogP contribution is -1.99. The third-order valence-corrected chi connectivity index (χ3v) is 2.60. The SMILES string of the molecule is N#Cc1ccc([N+](=O)[O-])c(-c2ccccc2)c1N. The molecule has 18 heavy (non-hydrogen) atoms. The Labute approximate surface area is 103 Å². The maximum Gasteiger partial charge on any atom is 0.279 e. The highest BCUT2D eigenvalue weighted by atomic mass is 16.6. The molecule has 0 heterocycles. The van der Waals surface area contributed by atoms with E-state index < -0.39 is 4.92 Å². The number of nitro benzene ring substituents is 1. The Morgan fingerprint density at radius 2 is 1.83 bits per heavy atom. The fourth-order valence-electron chi connectivity index (χ4n) is 1.77. The Morgan fingerprint density at radius 3 is 2.39 bits per heavy atom. The first kappa shape index (κ1) is 11.6. The van der Waals surface area contributed by atoms with E-state index in [1.165, 1.54) is 12.1 Å². The van der Waals surface area contributed by atoms with Gasteiger partial charge in [-0.2, -0.15) is 5.26 Å². The van der Waals surface area contributed by atoms with E-state index in [-0.39, 0.29) is 16.9 Å². The topological polar surface area (TPSA) is 92.9 Å². The van der Waals surface area contributed by atoms with Crippen molar-refractivity contribution in [3.05, 3.63) is 58.1 Å². The van der Waals surface area contributed by atoms with Crippen LogP contribution in [0, 0.1) is 21.4 Å². The Bertz CT molecular complexity index is 645. The third kappa shape index (κ3) is 1.87. The Kier molecular flexibility index (Phi) is 2.94. The van der Waals surface area contributed by atoms with Gasteiger partial charge in [-0.3, -0.25) is 10.1 Å². The average Bonchev–Trinajstić information content (AvgIpc) is 2.39. The highest BCUT2D eigenvalue weighted by Crippen LogP contribution is 2.36. The van der Waals surface area contributed by atoms with Crippen LogP contribution in [0.3, 0.4) is 0 Å². The van der Waals surface area contributed by atoms with Crippen molar-refractivity contribution in [3.8, 4) is 17.2 Å². The second-order valence-corrected chi connectivity index (χ2v) is 3.66. The van der Waals surface area contributed by atoms with E-state index in [9.17, 15) is 10.1 Å². The van der Waals surface area contributed by atoms with Crippen molar-refractivity contribution >= 4 is 11.4 Å². The van der Waals surface area contributed by atoms with E-state index in [1.807, 2.05) is 6.07 Å². The zero-order valence-corrected chi connectivity index (χ0v) is 9.33. The smallest absolute Gasteiger partial charge is 0.279 e. The maximum absolute atomic E-state index is 11.0. The number of benzene rings is 2. The summed E-state index contributed by atoms with van der Waals surface area (Å²) in [4.78, 5) is 10.5. The van der Waals surface area contributed by atoms with Crippen molar-refractivity contribution < 1.29 is 4.92 Å². The highest BCUT2D eigenvalue weighted by molar-refractivity contribution is 5.87. The van der Waals surface area contributed by atoms with Gasteiger partial charge in [0.2, 0.25) is 0 Å². The molecule has 0 saturated heterocycles. The van der Waals surface area contributed by atoms with Crippen LogP contribution in [0.25, 0.3) is 11.1 Å². The Hall–Kier alpha value is -2.87. The molecule has 0 fully saturated rings. The van der Waals surface area contributed by atoms with Crippen LogP contribution in [0.2, 0.25) is 0 Å². The largest absolute Gasteiger partial charge is 0.397 e. The van der Waals surface area contributed by atoms with E-state index in [4.69, 9.17) is 11.0 Å². The van der Waals surface area contributed by atoms with Crippen LogP contribution >= 0.6 is 0 Å². The number of rotatable bonds is 2. The highest BCUT2D eigenvalue weighted by Gasteiger charge is 2.20. The van der Waals surface area contributed by atoms with Crippen molar-refractivity contribution in [1.82, 2.24) is 0 Å². The summed E-state index contributed by atoms with van der Waals surface area (Å²) in [6.07, 6.45) is 0. The zero-order chi connectivity index (χ0) is 13.1. The fourth-order valence-corrected chi connectivity index (χ4v) is 1.77. The van der Waals surface area contributed by atoms with E-state index in [0.717, 1.165) is 0 Å². The quantitative estimate of drug-likeness (QED) is 0.495. The van der Waals surface area contributed by atoms with Gasteiger partial charge in [-0.15, -0.1) is 0 Å². The van der Waals surface area contributed by atoms with Crippen LogP contribution in [-0.2, 0) is 0 Å². The molecule has 88 valence electrons. The third-order valence-electron chi connectivity index (χ3n) is 2.60. The minimum absolute atomic E-state index is 0.0994. The second kappa shape index (κ2) is 4.55. The van der Waals surface area contributed by atoms with Crippen molar-refractivity contribution in [3.63, 3.8) is 0 Å². The molecule has 0 radical (unpaired) electrons. The number of nitrogen functional groups attached to an aromatic ring is 1. The lowest BCUT2D eigenvalue weighted by molar-refractivity contribution is -0.384. The molecule has 0 bridgehead atoms. The van der Waals surface area contributed by atoms with Crippen molar-refractivity contribution in [2.24, 2.45) is 0 Å². The molecule has 0 aliphatic rings. The first-order chi connectivity index (χ1) is 8.65.